The van der Waals surface area contributed by atoms with Crippen LogP contribution in [-0.4, -0.2) is 29.3 Å². The average Bonchev–Trinajstić information content (AvgIpc) is 2.86. The second-order valence-corrected chi connectivity index (χ2v) is 6.56. The summed E-state index contributed by atoms with van der Waals surface area (Å²) in [5, 5.41) is 1.68. The zero-order valence-corrected chi connectivity index (χ0v) is 14.1. The van der Waals surface area contributed by atoms with Gasteiger partial charge in [0.1, 0.15) is 5.60 Å². The molecule has 0 spiro atoms. The summed E-state index contributed by atoms with van der Waals surface area (Å²) in [6, 6.07) is 12.7. The van der Waals surface area contributed by atoms with Gasteiger partial charge in [0.05, 0.1) is 23.7 Å². The lowest BCUT2D eigenvalue weighted by atomic mass is 10.1. The molecule has 5 nitrogen and oxygen atoms in total. The Morgan fingerprint density at radius 3 is 2.29 bits per heavy atom. The van der Waals surface area contributed by atoms with E-state index >= 15 is 0 Å². The summed E-state index contributed by atoms with van der Waals surface area (Å²) in [6.07, 6.45) is -0.445. The van der Waals surface area contributed by atoms with E-state index in [1.807, 2.05) is 45.0 Å². The van der Waals surface area contributed by atoms with Gasteiger partial charge in [0, 0.05) is 10.8 Å². The normalized spacial score (nSPS) is 11.7. The molecule has 0 radical (unpaired) electrons. The molecule has 124 valence electrons. The minimum atomic E-state index is -0.596. The largest absolute Gasteiger partial charge is 0.465 e. The van der Waals surface area contributed by atoms with Gasteiger partial charge in [-0.1, -0.05) is 18.2 Å². The third-order valence-corrected chi connectivity index (χ3v) is 3.67. The molecule has 0 fully saturated rings. The Labute approximate surface area is 139 Å². The molecule has 0 bridgehead atoms. The standard InChI is InChI=1S/C19H19NO4/c1-19(2,3)24-18(22)20-15-8-6-5-7-13(15)14-11-12(17(21)23-4)9-10-16(14)20/h5-11H,1-4H3. The van der Waals surface area contributed by atoms with Crippen LogP contribution in [0.25, 0.3) is 21.8 Å². The third kappa shape index (κ3) is 2.73. The quantitative estimate of drug-likeness (QED) is 0.624. The first-order valence-corrected chi connectivity index (χ1v) is 7.67. The van der Waals surface area contributed by atoms with E-state index < -0.39 is 17.7 Å². The smallest absolute Gasteiger partial charge is 0.419 e. The van der Waals surface area contributed by atoms with Gasteiger partial charge in [0.25, 0.3) is 0 Å². The third-order valence-electron chi connectivity index (χ3n) is 3.67. The molecule has 0 aliphatic rings. The number of carbonyl (C=O) groups is 2. The number of nitrogens with zero attached hydrogens (tertiary/aromatic N) is 1. The number of benzene rings is 2. The Bertz CT molecular complexity index is 947. The van der Waals surface area contributed by atoms with Crippen molar-refractivity contribution in [2.24, 2.45) is 0 Å². The van der Waals surface area contributed by atoms with Gasteiger partial charge in [0.15, 0.2) is 0 Å². The summed E-state index contributed by atoms with van der Waals surface area (Å²) in [4.78, 5) is 24.5. The van der Waals surface area contributed by atoms with Crippen molar-refractivity contribution in [3.05, 3.63) is 48.0 Å². The van der Waals surface area contributed by atoms with Crippen LogP contribution in [0.5, 0.6) is 0 Å². The summed E-state index contributed by atoms with van der Waals surface area (Å²) in [5.74, 6) is -0.411. The van der Waals surface area contributed by atoms with Crippen molar-refractivity contribution < 1.29 is 19.1 Å². The van der Waals surface area contributed by atoms with Gasteiger partial charge < -0.3 is 9.47 Å². The molecule has 0 amide bonds. The van der Waals surface area contributed by atoms with Crippen LogP contribution in [0.1, 0.15) is 31.1 Å². The van der Waals surface area contributed by atoms with Crippen molar-refractivity contribution in [1.29, 1.82) is 0 Å². The minimum absolute atomic E-state index is 0.411. The Hall–Kier alpha value is -2.82. The fourth-order valence-corrected chi connectivity index (χ4v) is 2.72. The van der Waals surface area contributed by atoms with Crippen LogP contribution in [-0.2, 0) is 9.47 Å². The number of hydrogen-bond donors (Lipinski definition) is 0. The molecule has 0 atom stereocenters. The lowest BCUT2D eigenvalue weighted by molar-refractivity contribution is 0.0550. The first kappa shape index (κ1) is 16.1. The summed E-state index contributed by atoms with van der Waals surface area (Å²) < 4.78 is 11.8. The van der Waals surface area contributed by atoms with Gasteiger partial charge in [-0.15, -0.1) is 0 Å². The monoisotopic (exact) mass is 325 g/mol. The molecule has 1 heterocycles. The number of ether oxygens (including phenoxy) is 2. The Balaban J connectivity index is 2.28. The van der Waals surface area contributed by atoms with Crippen LogP contribution in [0.15, 0.2) is 42.5 Å². The zero-order valence-electron chi connectivity index (χ0n) is 14.1. The summed E-state index contributed by atoms with van der Waals surface area (Å²) in [6.45, 7) is 5.48. The minimum Gasteiger partial charge on any atom is -0.465 e. The van der Waals surface area contributed by atoms with Crippen molar-refractivity contribution in [3.63, 3.8) is 0 Å². The average molecular weight is 325 g/mol. The van der Waals surface area contributed by atoms with E-state index in [9.17, 15) is 9.59 Å². The fraction of sp³-hybridized carbons (Fsp3) is 0.263. The summed E-state index contributed by atoms with van der Waals surface area (Å²) in [5.41, 5.74) is 1.28. The maximum absolute atomic E-state index is 12.7. The molecule has 0 aliphatic carbocycles. The molecular formula is C19H19NO4. The molecule has 24 heavy (non-hydrogen) atoms. The highest BCUT2D eigenvalue weighted by Crippen LogP contribution is 2.30. The lowest BCUT2D eigenvalue weighted by Crippen LogP contribution is -2.27. The molecule has 5 heteroatoms. The Kier molecular flexibility index (Phi) is 3.79. The van der Waals surface area contributed by atoms with Crippen LogP contribution in [0.2, 0.25) is 0 Å². The van der Waals surface area contributed by atoms with Crippen LogP contribution in [0.3, 0.4) is 0 Å². The van der Waals surface area contributed by atoms with Gasteiger partial charge >= 0.3 is 12.1 Å². The second kappa shape index (κ2) is 5.67. The molecule has 0 aliphatic heterocycles. The summed E-state index contributed by atoms with van der Waals surface area (Å²) >= 11 is 0. The number of para-hydroxylation sites is 1. The Morgan fingerprint density at radius 2 is 1.62 bits per heavy atom. The summed E-state index contributed by atoms with van der Waals surface area (Å²) in [7, 11) is 1.34. The molecular weight excluding hydrogens is 306 g/mol. The van der Waals surface area contributed by atoms with Crippen molar-refractivity contribution in [2.45, 2.75) is 26.4 Å². The maximum atomic E-state index is 12.7. The van der Waals surface area contributed by atoms with Gasteiger partial charge in [0.2, 0.25) is 0 Å². The lowest BCUT2D eigenvalue weighted by Gasteiger charge is -2.20. The fourth-order valence-electron chi connectivity index (χ4n) is 2.72. The van der Waals surface area contributed by atoms with Gasteiger partial charge in [-0.2, -0.15) is 0 Å². The van der Waals surface area contributed by atoms with Crippen molar-refractivity contribution >= 4 is 33.9 Å². The van der Waals surface area contributed by atoms with Crippen LogP contribution in [0, 0.1) is 0 Å². The number of fused-ring (bicyclic) bond motifs is 3. The highest BCUT2D eigenvalue weighted by Gasteiger charge is 2.22. The molecule has 0 unspecified atom stereocenters. The highest BCUT2D eigenvalue weighted by atomic mass is 16.6. The Morgan fingerprint density at radius 1 is 0.958 bits per heavy atom. The highest BCUT2D eigenvalue weighted by molar-refractivity contribution is 6.14. The van der Waals surface area contributed by atoms with E-state index in [1.165, 1.54) is 11.7 Å². The number of hydrogen-bond acceptors (Lipinski definition) is 4. The van der Waals surface area contributed by atoms with E-state index in [2.05, 4.69) is 0 Å². The van der Waals surface area contributed by atoms with Gasteiger partial charge in [-0.3, -0.25) is 0 Å². The number of carbonyl (C=O) groups excluding carboxylic acids is 2. The molecule has 3 rings (SSSR count). The van der Waals surface area contributed by atoms with Crippen molar-refractivity contribution in [1.82, 2.24) is 4.57 Å². The molecule has 0 saturated carbocycles. The first-order valence-electron chi connectivity index (χ1n) is 7.67. The molecule has 1 aromatic heterocycles. The predicted molar refractivity (Wildman–Crippen MR) is 92.4 cm³/mol. The number of aromatic nitrogens is 1. The van der Waals surface area contributed by atoms with E-state index in [0.29, 0.717) is 11.1 Å². The number of rotatable bonds is 1. The molecule has 3 aromatic rings. The topological polar surface area (TPSA) is 57.5 Å². The van der Waals surface area contributed by atoms with Crippen LogP contribution >= 0.6 is 0 Å². The van der Waals surface area contributed by atoms with Crippen LogP contribution < -0.4 is 0 Å². The SMILES string of the molecule is COC(=O)c1ccc2c(c1)c1ccccc1n2C(=O)OC(C)(C)C. The molecule has 0 N–H and O–H groups in total. The van der Waals surface area contributed by atoms with Gasteiger partial charge in [-0.25, -0.2) is 14.2 Å². The van der Waals surface area contributed by atoms with Gasteiger partial charge in [-0.05, 0) is 45.0 Å². The van der Waals surface area contributed by atoms with E-state index in [1.54, 1.807) is 18.2 Å². The van der Waals surface area contributed by atoms with Crippen molar-refractivity contribution in [3.8, 4) is 0 Å². The van der Waals surface area contributed by atoms with E-state index in [4.69, 9.17) is 9.47 Å². The van der Waals surface area contributed by atoms with Crippen molar-refractivity contribution in [2.75, 3.05) is 7.11 Å². The predicted octanol–water partition coefficient (Wildman–Crippen LogP) is 4.36. The number of esters is 1. The maximum Gasteiger partial charge on any atom is 0.419 e. The zero-order chi connectivity index (χ0) is 17.5. The first-order chi connectivity index (χ1) is 11.3. The second-order valence-electron chi connectivity index (χ2n) is 6.56. The molecule has 0 saturated heterocycles. The molecule has 2 aromatic carbocycles. The number of methoxy groups -OCH3 is 1. The van der Waals surface area contributed by atoms with Crippen LogP contribution in [0.4, 0.5) is 4.79 Å². The van der Waals surface area contributed by atoms with E-state index in [0.717, 1.165) is 16.3 Å². The van der Waals surface area contributed by atoms with E-state index in [-0.39, 0.29) is 0 Å².